The fourth-order valence-corrected chi connectivity index (χ4v) is 1.12. The highest BCUT2D eigenvalue weighted by molar-refractivity contribution is 8.02. The summed E-state index contributed by atoms with van der Waals surface area (Å²) in [6.45, 7) is 0. The van der Waals surface area contributed by atoms with Crippen molar-refractivity contribution in [2.45, 2.75) is 12.8 Å². The molecular formula is C6H9NS. The van der Waals surface area contributed by atoms with Gasteiger partial charge in [-0.05, 0) is 19.1 Å². The lowest BCUT2D eigenvalue weighted by Gasteiger charge is -2.01. The summed E-state index contributed by atoms with van der Waals surface area (Å²) < 4.78 is 0. The first kappa shape index (κ1) is 5.89. The molecule has 0 unspecified atom stereocenters. The molecule has 0 saturated heterocycles. The third kappa shape index (κ3) is 1.37. The van der Waals surface area contributed by atoms with Crippen molar-refractivity contribution in [2.24, 2.45) is 4.99 Å². The van der Waals surface area contributed by atoms with Gasteiger partial charge < -0.3 is 0 Å². The van der Waals surface area contributed by atoms with Crippen molar-refractivity contribution in [2.75, 3.05) is 6.26 Å². The SMILES string of the molecule is CSC1=CN=CCC1. The molecule has 0 atom stereocenters. The van der Waals surface area contributed by atoms with Gasteiger partial charge in [-0.25, -0.2) is 0 Å². The molecular weight excluding hydrogens is 118 g/mol. The summed E-state index contributed by atoms with van der Waals surface area (Å²) in [6.07, 6.45) is 8.29. The Morgan fingerprint density at radius 3 is 3.00 bits per heavy atom. The predicted octanol–water partition coefficient (Wildman–Crippen LogP) is 2.06. The molecule has 0 bridgehead atoms. The molecule has 0 aliphatic carbocycles. The fraction of sp³-hybridized carbons (Fsp3) is 0.500. The van der Waals surface area contributed by atoms with Crippen molar-refractivity contribution in [3.63, 3.8) is 0 Å². The van der Waals surface area contributed by atoms with E-state index in [-0.39, 0.29) is 0 Å². The second-order valence-corrected chi connectivity index (χ2v) is 2.60. The maximum atomic E-state index is 4.02. The van der Waals surface area contributed by atoms with Gasteiger partial charge >= 0.3 is 0 Å². The van der Waals surface area contributed by atoms with Crippen LogP contribution >= 0.6 is 11.8 Å². The molecule has 1 nitrogen and oxygen atoms in total. The van der Waals surface area contributed by atoms with Gasteiger partial charge in [-0.1, -0.05) is 0 Å². The smallest absolute Gasteiger partial charge is 0.0359 e. The van der Waals surface area contributed by atoms with Gasteiger partial charge in [0.1, 0.15) is 0 Å². The lowest BCUT2D eigenvalue weighted by atomic mass is 10.3. The van der Waals surface area contributed by atoms with Crippen LogP contribution in [-0.2, 0) is 0 Å². The summed E-state index contributed by atoms with van der Waals surface area (Å²) in [5.74, 6) is 0. The molecule has 1 aliphatic heterocycles. The third-order valence-corrected chi connectivity index (χ3v) is 1.94. The Labute approximate surface area is 53.9 Å². The normalized spacial score (nSPS) is 18.4. The topological polar surface area (TPSA) is 12.4 Å². The molecule has 0 amide bonds. The van der Waals surface area contributed by atoms with Crippen molar-refractivity contribution in [3.8, 4) is 0 Å². The van der Waals surface area contributed by atoms with Crippen LogP contribution < -0.4 is 0 Å². The molecule has 0 radical (unpaired) electrons. The van der Waals surface area contributed by atoms with E-state index in [9.17, 15) is 0 Å². The van der Waals surface area contributed by atoms with Crippen LogP contribution in [0.4, 0.5) is 0 Å². The minimum absolute atomic E-state index is 1.12. The van der Waals surface area contributed by atoms with E-state index in [2.05, 4.69) is 11.2 Å². The zero-order chi connectivity index (χ0) is 5.82. The average Bonchev–Trinajstić information content (AvgIpc) is 1.90. The zero-order valence-electron chi connectivity index (χ0n) is 4.92. The minimum atomic E-state index is 1.12. The van der Waals surface area contributed by atoms with Crippen LogP contribution in [-0.4, -0.2) is 12.5 Å². The van der Waals surface area contributed by atoms with Crippen LogP contribution in [0.25, 0.3) is 0 Å². The number of hydrogen-bond acceptors (Lipinski definition) is 2. The van der Waals surface area contributed by atoms with Crippen LogP contribution in [0.1, 0.15) is 12.8 Å². The van der Waals surface area contributed by atoms with Gasteiger partial charge in [0, 0.05) is 17.3 Å². The predicted molar refractivity (Wildman–Crippen MR) is 39.3 cm³/mol. The number of hydrogen-bond donors (Lipinski definition) is 0. The Kier molecular flexibility index (Phi) is 2.15. The van der Waals surface area contributed by atoms with Gasteiger partial charge in [0.15, 0.2) is 0 Å². The Hall–Kier alpha value is -0.240. The molecule has 8 heavy (non-hydrogen) atoms. The van der Waals surface area contributed by atoms with Crippen molar-refractivity contribution < 1.29 is 0 Å². The highest BCUT2D eigenvalue weighted by Gasteiger charge is 1.95. The second-order valence-electron chi connectivity index (χ2n) is 1.67. The minimum Gasteiger partial charge on any atom is -0.268 e. The van der Waals surface area contributed by atoms with E-state index in [0.29, 0.717) is 0 Å². The average molecular weight is 127 g/mol. The van der Waals surface area contributed by atoms with Crippen molar-refractivity contribution in [1.29, 1.82) is 0 Å². The molecule has 0 saturated carbocycles. The Balaban J connectivity index is 2.50. The van der Waals surface area contributed by atoms with Crippen molar-refractivity contribution >= 4 is 18.0 Å². The molecule has 1 aliphatic rings. The first-order valence-electron chi connectivity index (χ1n) is 2.68. The van der Waals surface area contributed by atoms with Gasteiger partial charge in [-0.2, -0.15) is 0 Å². The van der Waals surface area contributed by atoms with E-state index in [1.165, 1.54) is 11.3 Å². The van der Waals surface area contributed by atoms with Crippen molar-refractivity contribution in [3.05, 3.63) is 11.1 Å². The molecule has 0 spiro atoms. The fourth-order valence-electron chi connectivity index (χ4n) is 0.636. The molecule has 2 heteroatoms. The standard InChI is InChI=1S/C6H9NS/c1-8-6-3-2-4-7-5-6/h4-5H,2-3H2,1H3. The molecule has 0 aromatic rings. The zero-order valence-corrected chi connectivity index (χ0v) is 5.74. The monoisotopic (exact) mass is 127 g/mol. The molecule has 44 valence electrons. The van der Waals surface area contributed by atoms with Crippen LogP contribution in [0.15, 0.2) is 16.1 Å². The first-order valence-corrected chi connectivity index (χ1v) is 3.90. The molecule has 0 aromatic carbocycles. The van der Waals surface area contributed by atoms with Gasteiger partial charge in [0.25, 0.3) is 0 Å². The Morgan fingerprint density at radius 2 is 2.62 bits per heavy atom. The summed E-state index contributed by atoms with van der Waals surface area (Å²) in [7, 11) is 0. The lowest BCUT2D eigenvalue weighted by Crippen LogP contribution is -1.84. The van der Waals surface area contributed by atoms with Crippen LogP contribution in [0.3, 0.4) is 0 Å². The van der Waals surface area contributed by atoms with Crippen LogP contribution in [0.2, 0.25) is 0 Å². The number of allylic oxidation sites excluding steroid dienone is 1. The van der Waals surface area contributed by atoms with Crippen molar-refractivity contribution in [1.82, 2.24) is 0 Å². The molecule has 1 heterocycles. The quantitative estimate of drug-likeness (QED) is 0.525. The molecule has 0 N–H and O–H groups in total. The summed E-state index contributed by atoms with van der Waals surface area (Å²) in [6, 6.07) is 0. The van der Waals surface area contributed by atoms with Crippen LogP contribution in [0.5, 0.6) is 0 Å². The summed E-state index contributed by atoms with van der Waals surface area (Å²) >= 11 is 1.79. The molecule has 0 fully saturated rings. The third-order valence-electron chi connectivity index (χ3n) is 1.11. The van der Waals surface area contributed by atoms with E-state index in [1.54, 1.807) is 11.8 Å². The first-order chi connectivity index (χ1) is 3.93. The van der Waals surface area contributed by atoms with Crippen LogP contribution in [0, 0.1) is 0 Å². The number of thioether (sulfide) groups is 1. The largest absolute Gasteiger partial charge is 0.268 e. The Morgan fingerprint density at radius 1 is 1.75 bits per heavy atom. The maximum absolute atomic E-state index is 4.02. The van der Waals surface area contributed by atoms with E-state index in [0.717, 1.165) is 6.42 Å². The Bertz CT molecular complexity index is 126. The van der Waals surface area contributed by atoms with Gasteiger partial charge in [-0.15, -0.1) is 11.8 Å². The number of rotatable bonds is 1. The van der Waals surface area contributed by atoms with E-state index < -0.39 is 0 Å². The summed E-state index contributed by atoms with van der Waals surface area (Å²) in [5.41, 5.74) is 0. The maximum Gasteiger partial charge on any atom is 0.0359 e. The number of aliphatic imine (C=N–C) groups is 1. The molecule has 1 rings (SSSR count). The summed E-state index contributed by atoms with van der Waals surface area (Å²) in [4.78, 5) is 5.42. The lowest BCUT2D eigenvalue weighted by molar-refractivity contribution is 1.07. The van der Waals surface area contributed by atoms with E-state index >= 15 is 0 Å². The van der Waals surface area contributed by atoms with E-state index in [1.807, 2.05) is 12.4 Å². The van der Waals surface area contributed by atoms with Gasteiger partial charge in [-0.3, -0.25) is 4.99 Å². The molecule has 0 aromatic heterocycles. The van der Waals surface area contributed by atoms with Gasteiger partial charge in [0.05, 0.1) is 0 Å². The highest BCUT2D eigenvalue weighted by Crippen LogP contribution is 2.19. The second kappa shape index (κ2) is 2.92. The summed E-state index contributed by atoms with van der Waals surface area (Å²) in [5, 5.41) is 0. The van der Waals surface area contributed by atoms with Gasteiger partial charge in [0.2, 0.25) is 0 Å². The highest BCUT2D eigenvalue weighted by atomic mass is 32.2. The number of nitrogens with zero attached hydrogens (tertiary/aromatic N) is 1. The van der Waals surface area contributed by atoms with E-state index in [4.69, 9.17) is 0 Å².